The molecular formula is C12H18O9. The van der Waals surface area contributed by atoms with Crippen LogP contribution < -0.4 is 0 Å². The molecule has 0 bridgehead atoms. The zero-order valence-electron chi connectivity index (χ0n) is 12.0. The molecule has 1 N–H and O–H groups in total. The maximum Gasteiger partial charge on any atom is 0.344 e. The molecule has 0 radical (unpaired) electrons. The van der Waals surface area contributed by atoms with Gasteiger partial charge in [0.2, 0.25) is 0 Å². The standard InChI is InChI=1S/C12H18O9/c1-4-20-10(15)7-21-11(16)12(17,5-8(13)18-2)6-9(14)19-3/h17H,4-7H2,1-3H3. The number of hydrogen-bond acceptors (Lipinski definition) is 9. The first-order valence-corrected chi connectivity index (χ1v) is 5.98. The van der Waals surface area contributed by atoms with E-state index in [1.54, 1.807) is 6.92 Å². The largest absolute Gasteiger partial charge is 0.469 e. The van der Waals surface area contributed by atoms with Gasteiger partial charge in [-0.15, -0.1) is 0 Å². The molecule has 21 heavy (non-hydrogen) atoms. The van der Waals surface area contributed by atoms with Gasteiger partial charge in [-0.2, -0.15) is 0 Å². The van der Waals surface area contributed by atoms with Gasteiger partial charge in [-0.25, -0.2) is 9.59 Å². The Morgan fingerprint density at radius 2 is 1.38 bits per heavy atom. The Hall–Kier alpha value is -2.16. The minimum atomic E-state index is -2.48. The van der Waals surface area contributed by atoms with Gasteiger partial charge >= 0.3 is 23.9 Å². The second-order valence-corrected chi connectivity index (χ2v) is 3.92. The SMILES string of the molecule is CCOC(=O)COC(=O)C(O)(CC(=O)OC)CC(=O)OC. The van der Waals surface area contributed by atoms with Gasteiger partial charge in [0.15, 0.2) is 12.2 Å². The molecule has 0 spiro atoms. The molecule has 0 aromatic carbocycles. The first kappa shape index (κ1) is 18.8. The molecule has 0 amide bonds. The lowest BCUT2D eigenvalue weighted by Gasteiger charge is -2.23. The Morgan fingerprint density at radius 3 is 1.76 bits per heavy atom. The minimum Gasteiger partial charge on any atom is -0.469 e. The van der Waals surface area contributed by atoms with Crippen molar-refractivity contribution in [1.82, 2.24) is 0 Å². The maximum atomic E-state index is 11.8. The number of aliphatic hydroxyl groups is 1. The van der Waals surface area contributed by atoms with Crippen LogP contribution in [0.25, 0.3) is 0 Å². The summed E-state index contributed by atoms with van der Waals surface area (Å²) < 4.78 is 17.7. The van der Waals surface area contributed by atoms with E-state index in [9.17, 15) is 24.3 Å². The van der Waals surface area contributed by atoms with E-state index in [1.807, 2.05) is 0 Å². The highest BCUT2D eigenvalue weighted by Crippen LogP contribution is 2.19. The number of methoxy groups -OCH3 is 2. The third-order valence-corrected chi connectivity index (χ3v) is 2.34. The number of hydrogen-bond donors (Lipinski definition) is 1. The highest BCUT2D eigenvalue weighted by atomic mass is 16.6. The summed E-state index contributed by atoms with van der Waals surface area (Å²) in [6.07, 6.45) is -1.64. The molecule has 9 nitrogen and oxygen atoms in total. The predicted molar refractivity (Wildman–Crippen MR) is 65.8 cm³/mol. The van der Waals surface area contributed by atoms with Gasteiger partial charge in [-0.05, 0) is 6.92 Å². The van der Waals surface area contributed by atoms with E-state index in [-0.39, 0.29) is 6.61 Å². The lowest BCUT2D eigenvalue weighted by Crippen LogP contribution is -2.45. The van der Waals surface area contributed by atoms with Crippen molar-refractivity contribution in [1.29, 1.82) is 0 Å². The molecular weight excluding hydrogens is 288 g/mol. The Morgan fingerprint density at radius 1 is 0.905 bits per heavy atom. The fourth-order valence-corrected chi connectivity index (χ4v) is 1.29. The molecule has 0 unspecified atom stereocenters. The highest BCUT2D eigenvalue weighted by molar-refractivity contribution is 5.90. The topological polar surface area (TPSA) is 125 Å². The van der Waals surface area contributed by atoms with Gasteiger partial charge in [-0.1, -0.05) is 0 Å². The van der Waals surface area contributed by atoms with E-state index in [0.29, 0.717) is 0 Å². The summed E-state index contributed by atoms with van der Waals surface area (Å²) in [5.41, 5.74) is -2.48. The predicted octanol–water partition coefficient (Wildman–Crippen LogP) is -1.05. The smallest absolute Gasteiger partial charge is 0.344 e. The molecule has 9 heteroatoms. The van der Waals surface area contributed by atoms with Gasteiger partial charge < -0.3 is 24.1 Å². The number of carbonyl (C=O) groups excluding carboxylic acids is 4. The molecule has 0 atom stereocenters. The van der Waals surface area contributed by atoms with Gasteiger partial charge in [0.1, 0.15) is 0 Å². The molecule has 0 fully saturated rings. The summed E-state index contributed by atoms with van der Waals surface area (Å²) in [7, 11) is 2.09. The molecule has 0 rings (SSSR count). The molecule has 0 saturated heterocycles. The molecule has 0 heterocycles. The van der Waals surface area contributed by atoms with E-state index in [4.69, 9.17) is 0 Å². The van der Waals surface area contributed by atoms with Gasteiger partial charge in [0, 0.05) is 0 Å². The Labute approximate surface area is 121 Å². The summed E-state index contributed by atoms with van der Waals surface area (Å²) in [5, 5.41) is 10.1. The summed E-state index contributed by atoms with van der Waals surface area (Å²) in [6.45, 7) is 0.896. The van der Waals surface area contributed by atoms with Crippen molar-refractivity contribution in [2.75, 3.05) is 27.4 Å². The van der Waals surface area contributed by atoms with Crippen LogP contribution in [0.4, 0.5) is 0 Å². The zero-order chi connectivity index (χ0) is 16.5. The summed E-state index contributed by atoms with van der Waals surface area (Å²) in [4.78, 5) is 45.3. The maximum absolute atomic E-state index is 11.8. The monoisotopic (exact) mass is 306 g/mol. The van der Waals surface area contributed by atoms with Gasteiger partial charge in [0.25, 0.3) is 0 Å². The number of carbonyl (C=O) groups is 4. The molecule has 0 aliphatic heterocycles. The first-order valence-electron chi connectivity index (χ1n) is 5.98. The van der Waals surface area contributed by atoms with Crippen LogP contribution in [0, 0.1) is 0 Å². The fraction of sp³-hybridized carbons (Fsp3) is 0.667. The van der Waals surface area contributed by atoms with Crippen molar-refractivity contribution < 1.29 is 43.2 Å². The number of ether oxygens (including phenoxy) is 4. The minimum absolute atomic E-state index is 0.0883. The zero-order valence-corrected chi connectivity index (χ0v) is 12.0. The van der Waals surface area contributed by atoms with Crippen LogP contribution in [0.15, 0.2) is 0 Å². The number of rotatable bonds is 8. The normalized spacial score (nSPS) is 10.5. The lowest BCUT2D eigenvalue weighted by molar-refractivity contribution is -0.179. The van der Waals surface area contributed by atoms with E-state index in [2.05, 4.69) is 18.9 Å². The van der Waals surface area contributed by atoms with Crippen molar-refractivity contribution in [2.24, 2.45) is 0 Å². The van der Waals surface area contributed by atoms with Crippen molar-refractivity contribution in [3.05, 3.63) is 0 Å². The van der Waals surface area contributed by atoms with Crippen molar-refractivity contribution in [3.63, 3.8) is 0 Å². The Kier molecular flexibility index (Phi) is 7.99. The van der Waals surface area contributed by atoms with Gasteiger partial charge in [-0.3, -0.25) is 9.59 Å². The third kappa shape index (κ3) is 6.70. The van der Waals surface area contributed by atoms with Crippen molar-refractivity contribution >= 4 is 23.9 Å². The average Bonchev–Trinajstić information content (AvgIpc) is 2.44. The highest BCUT2D eigenvalue weighted by Gasteiger charge is 2.43. The fourth-order valence-electron chi connectivity index (χ4n) is 1.29. The second kappa shape index (κ2) is 8.90. The van der Waals surface area contributed by atoms with Crippen LogP contribution in [-0.2, 0) is 38.1 Å². The lowest BCUT2D eigenvalue weighted by atomic mass is 9.95. The summed E-state index contributed by atoms with van der Waals surface area (Å²) in [5.74, 6) is -4.03. The second-order valence-electron chi connectivity index (χ2n) is 3.92. The van der Waals surface area contributed by atoms with Crippen LogP contribution in [0.1, 0.15) is 19.8 Å². The van der Waals surface area contributed by atoms with E-state index < -0.39 is 48.9 Å². The Balaban J connectivity index is 4.85. The van der Waals surface area contributed by atoms with Crippen LogP contribution >= 0.6 is 0 Å². The van der Waals surface area contributed by atoms with Crippen LogP contribution in [0.2, 0.25) is 0 Å². The first-order chi connectivity index (χ1) is 9.78. The van der Waals surface area contributed by atoms with E-state index in [1.165, 1.54) is 0 Å². The molecule has 0 saturated carbocycles. The Bertz CT molecular complexity index is 384. The average molecular weight is 306 g/mol. The van der Waals surface area contributed by atoms with E-state index >= 15 is 0 Å². The van der Waals surface area contributed by atoms with Crippen molar-refractivity contribution in [3.8, 4) is 0 Å². The third-order valence-electron chi connectivity index (χ3n) is 2.34. The van der Waals surface area contributed by atoms with Crippen LogP contribution in [-0.4, -0.2) is 62.0 Å². The quantitative estimate of drug-likeness (QED) is 0.441. The molecule has 120 valence electrons. The molecule has 0 aliphatic carbocycles. The number of esters is 4. The van der Waals surface area contributed by atoms with Crippen LogP contribution in [0.3, 0.4) is 0 Å². The molecule has 0 aromatic rings. The van der Waals surface area contributed by atoms with Crippen molar-refractivity contribution in [2.45, 2.75) is 25.4 Å². The summed E-state index contributed by atoms with van der Waals surface area (Å²) >= 11 is 0. The summed E-state index contributed by atoms with van der Waals surface area (Å²) in [6, 6.07) is 0. The molecule has 0 aliphatic rings. The van der Waals surface area contributed by atoms with Gasteiger partial charge in [0.05, 0.1) is 33.7 Å². The van der Waals surface area contributed by atoms with E-state index in [0.717, 1.165) is 14.2 Å². The van der Waals surface area contributed by atoms with Crippen LogP contribution in [0.5, 0.6) is 0 Å². The molecule has 0 aromatic heterocycles.